The number of alkyl halides is 1. The van der Waals surface area contributed by atoms with Crippen LogP contribution < -0.4 is 9.47 Å². The molecule has 6 heteroatoms. The van der Waals surface area contributed by atoms with Crippen molar-refractivity contribution in [2.24, 2.45) is 5.92 Å². The largest absolute Gasteiger partial charge is 0.494 e. The molecule has 0 aliphatic heterocycles. The van der Waals surface area contributed by atoms with E-state index in [0.717, 1.165) is 41.9 Å². The van der Waals surface area contributed by atoms with Gasteiger partial charge in [-0.2, -0.15) is 0 Å². The number of ether oxygens (including phenoxy) is 3. The molecule has 3 aromatic carbocycles. The lowest BCUT2D eigenvalue weighted by atomic mass is 10.0. The normalized spacial score (nSPS) is 12.6. The van der Waals surface area contributed by atoms with E-state index in [4.69, 9.17) is 25.8 Å². The van der Waals surface area contributed by atoms with E-state index in [0.29, 0.717) is 11.3 Å². The van der Waals surface area contributed by atoms with Gasteiger partial charge in [0.15, 0.2) is 0 Å². The quantitative estimate of drug-likeness (QED) is 0.0475. The summed E-state index contributed by atoms with van der Waals surface area (Å²) < 4.78 is 16.7. The van der Waals surface area contributed by atoms with Crippen LogP contribution in [0.2, 0.25) is 0 Å². The summed E-state index contributed by atoms with van der Waals surface area (Å²) >= 11 is 6.28. The molecule has 0 aromatic heterocycles. The summed E-state index contributed by atoms with van der Waals surface area (Å²) in [5.74, 6) is 0.713. The number of rotatable bonds is 18. The van der Waals surface area contributed by atoms with E-state index in [9.17, 15) is 9.59 Å². The molecule has 0 aliphatic carbocycles. The molecule has 5 nitrogen and oxygen atoms in total. The van der Waals surface area contributed by atoms with Crippen LogP contribution in [0.5, 0.6) is 11.5 Å². The maximum absolute atomic E-state index is 12.4. The van der Waals surface area contributed by atoms with Crippen LogP contribution in [0.25, 0.3) is 17.2 Å². The molecule has 43 heavy (non-hydrogen) atoms. The Morgan fingerprint density at radius 2 is 1.35 bits per heavy atom. The molecule has 0 spiro atoms. The highest BCUT2D eigenvalue weighted by atomic mass is 35.5. The van der Waals surface area contributed by atoms with E-state index in [1.807, 2.05) is 55.5 Å². The van der Waals surface area contributed by atoms with Crippen molar-refractivity contribution in [3.63, 3.8) is 0 Å². The lowest BCUT2D eigenvalue weighted by molar-refractivity contribution is -0.128. The van der Waals surface area contributed by atoms with E-state index in [2.05, 4.69) is 13.8 Å². The number of unbranched alkanes of at least 4 members (excludes halogenated alkanes) is 6. The van der Waals surface area contributed by atoms with Crippen LogP contribution in [0.4, 0.5) is 0 Å². The predicted molar refractivity (Wildman–Crippen MR) is 176 cm³/mol. The number of benzene rings is 3. The number of carbonyl (C=O) groups is 2. The lowest BCUT2D eigenvalue weighted by Crippen LogP contribution is -2.20. The van der Waals surface area contributed by atoms with Crippen molar-refractivity contribution in [1.82, 2.24) is 0 Å². The minimum atomic E-state index is -0.456. The van der Waals surface area contributed by atoms with Crippen LogP contribution in [0.3, 0.4) is 0 Å². The topological polar surface area (TPSA) is 61.8 Å². The summed E-state index contributed by atoms with van der Waals surface area (Å²) in [6, 6.07) is 22.1. The molecule has 2 atom stereocenters. The summed E-state index contributed by atoms with van der Waals surface area (Å²) in [7, 11) is 0. The summed E-state index contributed by atoms with van der Waals surface area (Å²) in [4.78, 5) is 24.7. The average Bonchev–Trinajstić information content (AvgIpc) is 3.04. The summed E-state index contributed by atoms with van der Waals surface area (Å²) in [5, 5.41) is -0.202. The van der Waals surface area contributed by atoms with Crippen LogP contribution >= 0.6 is 11.6 Å². The van der Waals surface area contributed by atoms with Crippen LogP contribution in [-0.4, -0.2) is 30.5 Å². The standard InChI is InChI=1S/C37H45ClO5/c1-4-6-7-8-9-10-11-26-41-33-21-12-29(13-22-33)14-25-36(39)43-34-23-19-31(20-24-34)30-15-17-32(18-16-30)37(40)42-27-35(38)28(3)5-2/h12-25,28,35H,4-11,26-27H2,1-3H3/b25-14+/t28-,35-/m1/s1. The number of hydrogen-bond donors (Lipinski definition) is 0. The fourth-order valence-corrected chi connectivity index (χ4v) is 4.65. The zero-order chi connectivity index (χ0) is 30.9. The maximum Gasteiger partial charge on any atom is 0.338 e. The van der Waals surface area contributed by atoms with E-state index >= 15 is 0 Å². The molecule has 0 N–H and O–H groups in total. The lowest BCUT2D eigenvalue weighted by Gasteiger charge is -2.16. The molecule has 0 heterocycles. The van der Waals surface area contributed by atoms with Gasteiger partial charge >= 0.3 is 11.9 Å². The third-order valence-corrected chi connectivity index (χ3v) is 8.03. The first-order chi connectivity index (χ1) is 20.9. The Labute approximate surface area is 262 Å². The Kier molecular flexibility index (Phi) is 14.9. The van der Waals surface area contributed by atoms with Gasteiger partial charge in [0.1, 0.15) is 18.1 Å². The highest BCUT2D eigenvalue weighted by Gasteiger charge is 2.16. The number of hydrogen-bond acceptors (Lipinski definition) is 5. The van der Waals surface area contributed by atoms with Gasteiger partial charge in [0, 0.05) is 6.08 Å². The minimum Gasteiger partial charge on any atom is -0.494 e. The third-order valence-electron chi connectivity index (χ3n) is 7.47. The van der Waals surface area contributed by atoms with Gasteiger partial charge in [-0.05, 0) is 71.5 Å². The molecule has 0 radical (unpaired) electrons. The maximum atomic E-state index is 12.4. The van der Waals surface area contributed by atoms with Gasteiger partial charge in [-0.25, -0.2) is 9.59 Å². The van der Waals surface area contributed by atoms with Crippen LogP contribution in [0.15, 0.2) is 78.9 Å². The molecule has 0 unspecified atom stereocenters. The molecular weight excluding hydrogens is 560 g/mol. The number of carbonyl (C=O) groups excluding carboxylic acids is 2. The van der Waals surface area contributed by atoms with E-state index in [1.165, 1.54) is 44.6 Å². The van der Waals surface area contributed by atoms with Gasteiger partial charge in [-0.1, -0.05) is 102 Å². The second kappa shape index (κ2) is 18.9. The van der Waals surface area contributed by atoms with Gasteiger partial charge < -0.3 is 14.2 Å². The van der Waals surface area contributed by atoms with Gasteiger partial charge in [0.25, 0.3) is 0 Å². The molecule has 0 fully saturated rings. The molecule has 0 saturated carbocycles. The summed E-state index contributed by atoms with van der Waals surface area (Å²) in [6.07, 6.45) is 12.9. The summed E-state index contributed by atoms with van der Waals surface area (Å²) in [6.45, 7) is 7.25. The van der Waals surface area contributed by atoms with Gasteiger partial charge in [0.05, 0.1) is 17.5 Å². The third kappa shape index (κ3) is 12.3. The van der Waals surface area contributed by atoms with Crippen molar-refractivity contribution in [2.45, 2.75) is 77.5 Å². The zero-order valence-electron chi connectivity index (χ0n) is 25.7. The van der Waals surface area contributed by atoms with Crippen molar-refractivity contribution in [2.75, 3.05) is 13.2 Å². The van der Waals surface area contributed by atoms with Gasteiger partial charge in [-0.3, -0.25) is 0 Å². The molecule has 3 rings (SSSR count). The molecular formula is C37H45ClO5. The highest BCUT2D eigenvalue weighted by molar-refractivity contribution is 6.21. The SMILES string of the molecule is CCCCCCCCCOc1ccc(/C=C/C(=O)Oc2ccc(-c3ccc(C(=O)OC[C@@H](Cl)[C@H](C)CC)cc3)cc2)cc1. The molecule has 0 saturated heterocycles. The van der Waals surface area contributed by atoms with E-state index in [-0.39, 0.29) is 23.9 Å². The Hall–Kier alpha value is -3.57. The monoisotopic (exact) mass is 604 g/mol. The van der Waals surface area contributed by atoms with Crippen molar-refractivity contribution >= 4 is 29.6 Å². The average molecular weight is 605 g/mol. The molecule has 0 amide bonds. The second-order valence-electron chi connectivity index (χ2n) is 10.9. The minimum absolute atomic E-state index is 0.188. The first-order valence-electron chi connectivity index (χ1n) is 15.5. The fraction of sp³-hybridized carbons (Fsp3) is 0.405. The molecule has 0 aliphatic rings. The van der Waals surface area contributed by atoms with E-state index in [1.54, 1.807) is 30.3 Å². The van der Waals surface area contributed by atoms with Gasteiger partial charge in [0.2, 0.25) is 0 Å². The van der Waals surface area contributed by atoms with Crippen LogP contribution in [0, 0.1) is 5.92 Å². The molecule has 3 aromatic rings. The van der Waals surface area contributed by atoms with Crippen molar-refractivity contribution in [3.8, 4) is 22.6 Å². The number of esters is 2. The van der Waals surface area contributed by atoms with E-state index < -0.39 is 5.97 Å². The van der Waals surface area contributed by atoms with Crippen molar-refractivity contribution in [3.05, 3.63) is 90.0 Å². The summed E-state index contributed by atoms with van der Waals surface area (Å²) in [5.41, 5.74) is 3.22. The van der Waals surface area contributed by atoms with Crippen molar-refractivity contribution in [1.29, 1.82) is 0 Å². The zero-order valence-corrected chi connectivity index (χ0v) is 26.5. The highest BCUT2D eigenvalue weighted by Crippen LogP contribution is 2.24. The smallest absolute Gasteiger partial charge is 0.338 e. The van der Waals surface area contributed by atoms with Crippen LogP contribution in [-0.2, 0) is 9.53 Å². The fourth-order valence-electron chi connectivity index (χ4n) is 4.41. The Bertz CT molecular complexity index is 1270. The first kappa shape index (κ1) is 33.9. The molecule has 230 valence electrons. The Balaban J connectivity index is 1.41. The Morgan fingerprint density at radius 1 is 0.767 bits per heavy atom. The Morgan fingerprint density at radius 3 is 1.98 bits per heavy atom. The van der Waals surface area contributed by atoms with Gasteiger partial charge in [-0.15, -0.1) is 11.6 Å². The number of halogens is 1. The first-order valence-corrected chi connectivity index (χ1v) is 16.0. The van der Waals surface area contributed by atoms with Crippen molar-refractivity contribution < 1.29 is 23.8 Å². The second-order valence-corrected chi connectivity index (χ2v) is 11.5. The van der Waals surface area contributed by atoms with Crippen LogP contribution in [0.1, 0.15) is 88.1 Å². The molecule has 0 bridgehead atoms. The predicted octanol–water partition coefficient (Wildman–Crippen LogP) is 9.91.